The molecule has 6 saturated heterocycles. The fourth-order valence-electron chi connectivity index (χ4n) is 9.07. The number of ketones is 1. The number of rotatable bonds is 1. The molecule has 6 heterocycles. The Balaban J connectivity index is 0.000000108. The topological polar surface area (TPSA) is 106 Å². The van der Waals surface area contributed by atoms with Gasteiger partial charge in [0.25, 0.3) is 0 Å². The van der Waals surface area contributed by atoms with E-state index in [9.17, 15) is 4.79 Å². The van der Waals surface area contributed by atoms with Gasteiger partial charge in [-0.3, -0.25) is 4.79 Å². The van der Waals surface area contributed by atoms with Gasteiger partial charge in [-0.05, 0) is 55.9 Å². The van der Waals surface area contributed by atoms with Gasteiger partial charge in [0, 0.05) is 83.8 Å². The van der Waals surface area contributed by atoms with E-state index in [1.165, 1.54) is 32.5 Å². The molecular weight excluding hydrogens is 586 g/mol. The zero-order valence-corrected chi connectivity index (χ0v) is 27.9. The lowest BCUT2D eigenvalue weighted by atomic mass is 9.66. The summed E-state index contributed by atoms with van der Waals surface area (Å²) in [6.45, 7) is 20.4. The molecule has 46 heavy (non-hydrogen) atoms. The first-order chi connectivity index (χ1) is 22.3. The van der Waals surface area contributed by atoms with E-state index >= 15 is 0 Å². The molecule has 6 aliphatic heterocycles. The largest absolute Gasteiger partial charge is 0.348 e. The summed E-state index contributed by atoms with van der Waals surface area (Å²) in [4.78, 5) is 17.1. The maximum absolute atomic E-state index is 10.9. The lowest BCUT2D eigenvalue weighted by Gasteiger charge is -2.52. The van der Waals surface area contributed by atoms with Crippen LogP contribution in [0.4, 0.5) is 0 Å². The SMILES string of the molecule is C=C1C2CC3CC1CN(C3)C2.NCC1CCC2(CC1)OCCO2.O=C1CCC2(CC1)OCCO2.[C-]#[N+]C1CCC2(CC1)OCCO2. The van der Waals surface area contributed by atoms with Crippen molar-refractivity contribution in [2.24, 2.45) is 29.4 Å². The molecular formula is C36H57N3O7. The monoisotopic (exact) mass is 643 g/mol. The van der Waals surface area contributed by atoms with Gasteiger partial charge < -0.3 is 43.9 Å². The van der Waals surface area contributed by atoms with Gasteiger partial charge >= 0.3 is 0 Å². The Morgan fingerprint density at radius 3 is 1.57 bits per heavy atom. The summed E-state index contributed by atoms with van der Waals surface area (Å²) < 4.78 is 33.2. The Morgan fingerprint density at radius 1 is 0.717 bits per heavy atom. The number of hydrogen-bond donors (Lipinski definition) is 1. The van der Waals surface area contributed by atoms with Crippen molar-refractivity contribution >= 4 is 5.78 Å². The molecule has 2 N–H and O–H groups in total. The lowest BCUT2D eigenvalue weighted by molar-refractivity contribution is -0.182. The second-order valence-electron chi connectivity index (χ2n) is 14.9. The number of hydrogen-bond acceptors (Lipinski definition) is 9. The maximum atomic E-state index is 10.9. The number of carbonyl (C=O) groups is 1. The lowest BCUT2D eigenvalue weighted by Crippen LogP contribution is -2.54. The number of Topliss-reactive ketones (excluding diaryl/α,β-unsaturated/α-hetero) is 1. The Morgan fingerprint density at radius 2 is 1.15 bits per heavy atom. The highest BCUT2D eigenvalue weighted by Gasteiger charge is 2.44. The molecule has 10 heteroatoms. The summed E-state index contributed by atoms with van der Waals surface area (Å²) in [6, 6.07) is 0.212. The molecule has 0 radical (unpaired) electrons. The minimum atomic E-state index is -0.367. The number of ether oxygens (including phenoxy) is 6. The third kappa shape index (κ3) is 8.41. The van der Waals surface area contributed by atoms with Crippen LogP contribution in [-0.2, 0) is 33.2 Å². The predicted molar refractivity (Wildman–Crippen MR) is 173 cm³/mol. The molecule has 10 fully saturated rings. The smallest absolute Gasteiger partial charge is 0.224 e. The van der Waals surface area contributed by atoms with Crippen LogP contribution in [0.5, 0.6) is 0 Å². The first-order valence-corrected chi connectivity index (χ1v) is 18.2. The minimum absolute atomic E-state index is 0.203. The van der Waals surface area contributed by atoms with Crippen molar-refractivity contribution in [2.45, 2.75) is 113 Å². The van der Waals surface area contributed by atoms with Gasteiger partial charge in [0.2, 0.25) is 6.04 Å². The van der Waals surface area contributed by atoms with Gasteiger partial charge in [0.15, 0.2) is 17.4 Å². The van der Waals surface area contributed by atoms with E-state index in [1.807, 2.05) is 0 Å². The summed E-state index contributed by atoms with van der Waals surface area (Å²) in [5.74, 6) is 2.96. The van der Waals surface area contributed by atoms with Crippen LogP contribution in [0.1, 0.15) is 89.9 Å². The van der Waals surface area contributed by atoms with Crippen LogP contribution >= 0.6 is 0 Å². The van der Waals surface area contributed by atoms with Gasteiger partial charge in [-0.1, -0.05) is 12.2 Å². The highest BCUT2D eigenvalue weighted by atomic mass is 16.7. The zero-order valence-electron chi connectivity index (χ0n) is 27.9. The summed E-state index contributed by atoms with van der Waals surface area (Å²) >= 11 is 0. The van der Waals surface area contributed by atoms with Gasteiger partial charge in [0.05, 0.1) is 39.6 Å². The van der Waals surface area contributed by atoms with Crippen LogP contribution in [0.25, 0.3) is 4.85 Å². The molecule has 4 saturated carbocycles. The van der Waals surface area contributed by atoms with Crippen molar-refractivity contribution in [3.63, 3.8) is 0 Å². The Hall–Kier alpha value is -1.42. The van der Waals surface area contributed by atoms with Crippen molar-refractivity contribution in [2.75, 3.05) is 65.8 Å². The van der Waals surface area contributed by atoms with Crippen LogP contribution in [0.15, 0.2) is 12.2 Å². The molecule has 0 aromatic heterocycles. The second kappa shape index (κ2) is 15.4. The Bertz CT molecular complexity index is 1010. The second-order valence-corrected chi connectivity index (χ2v) is 14.9. The Kier molecular flexibility index (Phi) is 11.5. The molecule has 0 amide bonds. The van der Waals surface area contributed by atoms with Crippen molar-refractivity contribution in [1.82, 2.24) is 4.90 Å². The highest BCUT2D eigenvalue weighted by Crippen LogP contribution is 2.46. The van der Waals surface area contributed by atoms with Gasteiger partial charge in [-0.25, -0.2) is 6.57 Å². The Labute approximate surface area is 275 Å². The molecule has 0 aromatic carbocycles. The molecule has 3 spiro atoms. The predicted octanol–water partition coefficient (Wildman–Crippen LogP) is 4.86. The molecule has 2 unspecified atom stereocenters. The summed E-state index contributed by atoms with van der Waals surface area (Å²) in [6.07, 6.45) is 13.7. The minimum Gasteiger partial charge on any atom is -0.348 e. The van der Waals surface area contributed by atoms with Crippen LogP contribution in [0.2, 0.25) is 0 Å². The zero-order chi connectivity index (χ0) is 32.0. The quantitative estimate of drug-likeness (QED) is 0.317. The van der Waals surface area contributed by atoms with E-state index in [-0.39, 0.29) is 23.4 Å². The van der Waals surface area contributed by atoms with E-state index in [0.717, 1.165) is 115 Å². The molecule has 258 valence electrons. The first-order valence-electron chi connectivity index (χ1n) is 18.2. The van der Waals surface area contributed by atoms with Crippen molar-refractivity contribution in [1.29, 1.82) is 0 Å². The normalized spacial score (nSPS) is 36.4. The highest BCUT2D eigenvalue weighted by molar-refractivity contribution is 5.79. The molecule has 10 aliphatic rings. The van der Waals surface area contributed by atoms with Crippen molar-refractivity contribution in [3.05, 3.63) is 23.6 Å². The average Bonchev–Trinajstić information content (AvgIpc) is 3.86. The molecule has 10 nitrogen and oxygen atoms in total. The number of nitrogens with two attached hydrogens (primary N) is 1. The number of nitrogens with zero attached hydrogens (tertiary/aromatic N) is 2. The number of piperidine rings is 3. The summed E-state index contributed by atoms with van der Waals surface area (Å²) in [5.41, 5.74) is 7.19. The summed E-state index contributed by atoms with van der Waals surface area (Å²) in [5, 5.41) is 0. The van der Waals surface area contributed by atoms with Gasteiger partial charge in [-0.15, -0.1) is 0 Å². The van der Waals surface area contributed by atoms with E-state index in [1.54, 1.807) is 5.57 Å². The molecule has 10 rings (SSSR count). The molecule has 4 aliphatic carbocycles. The fraction of sp³-hybridized carbons (Fsp3) is 0.889. The van der Waals surface area contributed by atoms with Crippen LogP contribution < -0.4 is 5.73 Å². The van der Waals surface area contributed by atoms with Crippen LogP contribution in [0, 0.1) is 30.2 Å². The standard InChI is InChI=1S/C10H15N.C9H13NO2.C9H17NO2.C8H12O3/c1-7-9-2-8-3-10(7)6-11(4-8)5-9;1-10-8-2-4-9(5-3-8)11-6-7-12-9;10-7-8-1-3-9(4-2-8)11-5-6-12-9;9-7-1-3-8(4-2-7)10-5-6-11-8/h8-10H,1-6H2;8H,2-7H2;8H,1-7,10H2;1-6H2. The summed E-state index contributed by atoms with van der Waals surface area (Å²) in [7, 11) is 0. The first kappa shape index (κ1) is 34.4. The van der Waals surface area contributed by atoms with E-state index < -0.39 is 0 Å². The third-order valence-corrected chi connectivity index (χ3v) is 11.9. The third-order valence-electron chi connectivity index (χ3n) is 11.9. The maximum Gasteiger partial charge on any atom is 0.224 e. The van der Waals surface area contributed by atoms with E-state index in [4.69, 9.17) is 40.7 Å². The van der Waals surface area contributed by atoms with Gasteiger partial charge in [0.1, 0.15) is 5.78 Å². The number of carbonyl (C=O) groups excluding carboxylic acids is 1. The fourth-order valence-corrected chi connectivity index (χ4v) is 9.07. The molecule has 4 bridgehead atoms. The van der Waals surface area contributed by atoms with E-state index in [0.29, 0.717) is 37.8 Å². The van der Waals surface area contributed by atoms with Crippen molar-refractivity contribution in [3.8, 4) is 0 Å². The average molecular weight is 644 g/mol. The molecule has 0 aromatic rings. The van der Waals surface area contributed by atoms with Crippen molar-refractivity contribution < 1.29 is 33.2 Å². The molecule has 2 atom stereocenters. The van der Waals surface area contributed by atoms with Crippen LogP contribution in [-0.4, -0.2) is 99.9 Å². The van der Waals surface area contributed by atoms with Gasteiger partial charge in [-0.2, -0.15) is 0 Å². The van der Waals surface area contributed by atoms with E-state index in [2.05, 4.69) is 16.3 Å². The van der Waals surface area contributed by atoms with Crippen LogP contribution in [0.3, 0.4) is 0 Å².